The molecular formula is C34H26N2. The largest absolute Gasteiger partial charge is 0.310 e. The SMILES string of the molecule is C=C(/C=C\C=N/C)n1c2ccccc2c2cc(-c3ccc4c(c3)C3=CCCc5cccc-4c53)ccc21. The Balaban J connectivity index is 1.38. The van der Waals surface area contributed by atoms with Crippen LogP contribution in [0.25, 0.3) is 55.3 Å². The van der Waals surface area contributed by atoms with Crippen molar-refractivity contribution in [1.82, 2.24) is 4.57 Å². The Morgan fingerprint density at radius 3 is 2.58 bits per heavy atom. The molecular weight excluding hydrogens is 436 g/mol. The van der Waals surface area contributed by atoms with Crippen molar-refractivity contribution in [3.05, 3.63) is 120 Å². The van der Waals surface area contributed by atoms with Gasteiger partial charge in [-0.15, -0.1) is 0 Å². The van der Waals surface area contributed by atoms with E-state index in [1.165, 1.54) is 55.3 Å². The summed E-state index contributed by atoms with van der Waals surface area (Å²) in [6.07, 6.45) is 10.4. The molecule has 2 nitrogen and oxygen atoms in total. The first kappa shape index (κ1) is 20.9. The van der Waals surface area contributed by atoms with Gasteiger partial charge in [0.2, 0.25) is 0 Å². The molecule has 172 valence electrons. The summed E-state index contributed by atoms with van der Waals surface area (Å²) in [4.78, 5) is 4.05. The number of hydrogen-bond acceptors (Lipinski definition) is 1. The zero-order chi connectivity index (χ0) is 24.2. The van der Waals surface area contributed by atoms with Gasteiger partial charge in [0.1, 0.15) is 0 Å². The highest BCUT2D eigenvalue weighted by atomic mass is 15.0. The van der Waals surface area contributed by atoms with E-state index in [0.717, 1.165) is 29.6 Å². The van der Waals surface area contributed by atoms with E-state index in [1.807, 2.05) is 12.2 Å². The smallest absolute Gasteiger partial charge is 0.0541 e. The Morgan fingerprint density at radius 1 is 0.833 bits per heavy atom. The molecule has 5 aromatic rings. The van der Waals surface area contributed by atoms with Gasteiger partial charge in [-0.2, -0.15) is 0 Å². The van der Waals surface area contributed by atoms with Crippen molar-refractivity contribution in [2.24, 2.45) is 4.99 Å². The minimum atomic E-state index is 0.921. The third-order valence-corrected chi connectivity index (χ3v) is 7.60. The van der Waals surface area contributed by atoms with Gasteiger partial charge in [0.25, 0.3) is 0 Å². The number of para-hydroxylation sites is 1. The lowest BCUT2D eigenvalue weighted by Crippen LogP contribution is -1.97. The first-order chi connectivity index (χ1) is 17.7. The van der Waals surface area contributed by atoms with E-state index in [9.17, 15) is 0 Å². The first-order valence-electron chi connectivity index (χ1n) is 12.5. The summed E-state index contributed by atoms with van der Waals surface area (Å²) in [5.41, 5.74) is 14.2. The quantitative estimate of drug-likeness (QED) is 0.184. The predicted octanol–water partition coefficient (Wildman–Crippen LogP) is 8.55. The number of fused-ring (bicyclic) bond motifs is 6. The molecule has 36 heavy (non-hydrogen) atoms. The molecule has 0 atom stereocenters. The van der Waals surface area contributed by atoms with Crippen molar-refractivity contribution in [3.8, 4) is 22.3 Å². The second-order valence-corrected chi connectivity index (χ2v) is 9.60. The summed E-state index contributed by atoms with van der Waals surface area (Å²) < 4.78 is 2.24. The maximum Gasteiger partial charge on any atom is 0.0541 e. The van der Waals surface area contributed by atoms with Crippen LogP contribution in [0, 0.1) is 0 Å². The molecule has 0 aliphatic heterocycles. The molecule has 0 fully saturated rings. The van der Waals surface area contributed by atoms with Gasteiger partial charge in [-0.3, -0.25) is 4.99 Å². The van der Waals surface area contributed by atoms with Gasteiger partial charge in [-0.25, -0.2) is 0 Å². The number of benzene rings is 4. The van der Waals surface area contributed by atoms with Crippen LogP contribution < -0.4 is 0 Å². The Kier molecular flexibility index (Phi) is 4.68. The Bertz CT molecular complexity index is 1810. The lowest BCUT2D eigenvalue weighted by atomic mass is 9.90. The molecule has 0 N–H and O–H groups in total. The number of nitrogens with zero attached hydrogens (tertiary/aromatic N) is 2. The van der Waals surface area contributed by atoms with Crippen LogP contribution >= 0.6 is 0 Å². The maximum absolute atomic E-state index is 4.35. The van der Waals surface area contributed by atoms with Gasteiger partial charge in [0.05, 0.1) is 11.0 Å². The maximum atomic E-state index is 4.35. The van der Waals surface area contributed by atoms with Crippen molar-refractivity contribution in [3.63, 3.8) is 0 Å². The van der Waals surface area contributed by atoms with E-state index in [2.05, 4.69) is 101 Å². The summed E-state index contributed by atoms with van der Waals surface area (Å²) in [7, 11) is 1.77. The summed E-state index contributed by atoms with van der Waals surface area (Å²) in [5, 5.41) is 2.48. The molecule has 7 rings (SSSR count). The standard InChI is InChI=1S/C34H26N2/c1-22(8-7-19-35-2)36-32-14-4-3-11-27(32)31-21-25(16-18-33(31)36)24-15-17-26-28-12-5-9-23-10-6-13-29(34(23)28)30(26)20-24/h3-5,7-9,11-21H,1,6,10H2,2H3/b8-7-,35-19-. The molecule has 0 saturated heterocycles. The van der Waals surface area contributed by atoms with Gasteiger partial charge in [0, 0.05) is 29.7 Å². The molecule has 0 unspecified atom stereocenters. The number of aryl methyl sites for hydroxylation is 1. The van der Waals surface area contributed by atoms with Crippen LogP contribution in [0.1, 0.15) is 23.1 Å². The molecule has 2 aliphatic rings. The van der Waals surface area contributed by atoms with Crippen molar-refractivity contribution in [2.75, 3.05) is 7.05 Å². The zero-order valence-electron chi connectivity index (χ0n) is 20.3. The molecule has 4 aromatic carbocycles. The predicted molar refractivity (Wildman–Crippen MR) is 155 cm³/mol. The lowest BCUT2D eigenvalue weighted by Gasteiger charge is -2.14. The fourth-order valence-electron chi connectivity index (χ4n) is 6.03. The van der Waals surface area contributed by atoms with E-state index in [4.69, 9.17) is 0 Å². The van der Waals surface area contributed by atoms with Crippen LogP contribution in [-0.4, -0.2) is 17.8 Å². The van der Waals surface area contributed by atoms with Crippen LogP contribution in [0.2, 0.25) is 0 Å². The van der Waals surface area contributed by atoms with Gasteiger partial charge in [-0.1, -0.05) is 67.3 Å². The Morgan fingerprint density at radius 2 is 1.67 bits per heavy atom. The van der Waals surface area contributed by atoms with Crippen LogP contribution in [0.3, 0.4) is 0 Å². The topological polar surface area (TPSA) is 17.3 Å². The Hall–Kier alpha value is -4.43. The van der Waals surface area contributed by atoms with Crippen LogP contribution in [0.15, 0.2) is 109 Å². The second kappa shape index (κ2) is 8.07. The van der Waals surface area contributed by atoms with Crippen LogP contribution in [-0.2, 0) is 6.42 Å². The molecule has 0 bridgehead atoms. The third kappa shape index (κ3) is 3.01. The molecule has 0 amide bonds. The number of rotatable bonds is 4. The normalized spacial score (nSPS) is 14.1. The molecule has 1 aromatic heterocycles. The number of aliphatic imine (C=N–C) groups is 1. The molecule has 1 heterocycles. The monoisotopic (exact) mass is 462 g/mol. The molecule has 0 radical (unpaired) electrons. The van der Waals surface area contributed by atoms with Crippen LogP contribution in [0.5, 0.6) is 0 Å². The highest BCUT2D eigenvalue weighted by Gasteiger charge is 2.27. The summed E-state index contributed by atoms with van der Waals surface area (Å²) in [6.45, 7) is 4.35. The summed E-state index contributed by atoms with van der Waals surface area (Å²) in [5.74, 6) is 0. The van der Waals surface area contributed by atoms with Crippen molar-refractivity contribution in [2.45, 2.75) is 12.8 Å². The number of allylic oxidation sites excluding steroid dienone is 4. The van der Waals surface area contributed by atoms with Gasteiger partial charge < -0.3 is 4.57 Å². The highest BCUT2D eigenvalue weighted by molar-refractivity contribution is 6.12. The molecule has 0 saturated carbocycles. The second-order valence-electron chi connectivity index (χ2n) is 9.60. The fraction of sp³-hybridized carbons (Fsp3) is 0.0882. The van der Waals surface area contributed by atoms with E-state index in [1.54, 1.807) is 13.3 Å². The van der Waals surface area contributed by atoms with Crippen LogP contribution in [0.4, 0.5) is 0 Å². The number of aromatic nitrogens is 1. The van der Waals surface area contributed by atoms with E-state index < -0.39 is 0 Å². The van der Waals surface area contributed by atoms with E-state index in [-0.39, 0.29) is 0 Å². The average molecular weight is 463 g/mol. The highest BCUT2D eigenvalue weighted by Crippen LogP contribution is 2.49. The summed E-state index contributed by atoms with van der Waals surface area (Å²) in [6, 6.07) is 29.2. The summed E-state index contributed by atoms with van der Waals surface area (Å²) >= 11 is 0. The van der Waals surface area contributed by atoms with Gasteiger partial charge in [-0.05, 0) is 93.8 Å². The van der Waals surface area contributed by atoms with Gasteiger partial charge in [0.15, 0.2) is 0 Å². The molecule has 2 heteroatoms. The van der Waals surface area contributed by atoms with E-state index in [0.29, 0.717) is 0 Å². The fourth-order valence-corrected chi connectivity index (χ4v) is 6.03. The number of hydrogen-bond donors (Lipinski definition) is 0. The minimum absolute atomic E-state index is 0.921. The van der Waals surface area contributed by atoms with Crippen molar-refractivity contribution in [1.29, 1.82) is 0 Å². The zero-order valence-corrected chi connectivity index (χ0v) is 20.3. The molecule has 0 spiro atoms. The van der Waals surface area contributed by atoms with Crippen molar-refractivity contribution < 1.29 is 0 Å². The van der Waals surface area contributed by atoms with Crippen molar-refractivity contribution >= 4 is 39.3 Å². The first-order valence-corrected chi connectivity index (χ1v) is 12.5. The minimum Gasteiger partial charge on any atom is -0.310 e. The third-order valence-electron chi connectivity index (χ3n) is 7.60. The Labute approximate surface area is 211 Å². The van der Waals surface area contributed by atoms with E-state index >= 15 is 0 Å². The average Bonchev–Trinajstić information content (AvgIpc) is 3.43. The molecule has 2 aliphatic carbocycles. The van der Waals surface area contributed by atoms with Gasteiger partial charge >= 0.3 is 0 Å². The lowest BCUT2D eigenvalue weighted by molar-refractivity contribution is 0.982.